The third-order valence-electron chi connectivity index (χ3n) is 6.16. The van der Waals surface area contributed by atoms with Crippen LogP contribution in [0.3, 0.4) is 0 Å². The highest BCUT2D eigenvalue weighted by atomic mass is 16.4. The molecule has 0 unspecified atom stereocenters. The van der Waals surface area contributed by atoms with Crippen LogP contribution in [0.2, 0.25) is 0 Å². The normalized spacial score (nSPS) is 11.1. The molecular formula is C27H24N6O5. The van der Waals surface area contributed by atoms with Crippen LogP contribution >= 0.6 is 0 Å². The molecular weight excluding hydrogens is 488 g/mol. The van der Waals surface area contributed by atoms with E-state index in [1.54, 1.807) is 56.4 Å². The van der Waals surface area contributed by atoms with Gasteiger partial charge in [0.2, 0.25) is 0 Å². The molecule has 0 saturated heterocycles. The molecule has 192 valence electrons. The van der Waals surface area contributed by atoms with Crippen LogP contribution in [0.4, 0.5) is 0 Å². The second kappa shape index (κ2) is 10.1. The average molecular weight is 513 g/mol. The van der Waals surface area contributed by atoms with E-state index in [9.17, 15) is 19.2 Å². The molecule has 0 bridgehead atoms. The van der Waals surface area contributed by atoms with E-state index in [-0.39, 0.29) is 30.3 Å². The van der Waals surface area contributed by atoms with Crippen LogP contribution in [-0.2, 0) is 20.1 Å². The number of ketones is 1. The number of nitrogens with zero attached hydrogens (tertiary/aromatic N) is 4. The summed E-state index contributed by atoms with van der Waals surface area (Å²) in [5.41, 5.74) is 3.72. The topological polar surface area (TPSA) is 141 Å². The summed E-state index contributed by atoms with van der Waals surface area (Å²) in [6, 6.07) is 15.2. The standard InChI is InChI=1S/C27H24N6O5/c1-3-22(34)18-6-4-5-16(11-18)14-29-26(36)21-13-19(31-24-9-10-30-33(21)24)25(35)28-15-17-7-8-23-20(12-17)32(2)27(37)38-23/h4-13H,3,14-15H2,1-2H3,(H,28,35)(H,29,36). The number of nitrogens with one attached hydrogen (secondary N) is 2. The molecule has 2 aromatic carbocycles. The Bertz CT molecular complexity index is 1760. The number of rotatable bonds is 8. The van der Waals surface area contributed by atoms with Crippen molar-refractivity contribution in [2.24, 2.45) is 7.05 Å². The first-order valence-electron chi connectivity index (χ1n) is 12.0. The Hall–Kier alpha value is -5.06. The molecule has 5 aromatic rings. The van der Waals surface area contributed by atoms with Crippen LogP contribution in [0, 0.1) is 0 Å². The van der Waals surface area contributed by atoms with E-state index in [1.165, 1.54) is 21.3 Å². The van der Waals surface area contributed by atoms with Crippen LogP contribution in [0.1, 0.15) is 55.8 Å². The van der Waals surface area contributed by atoms with Crippen molar-refractivity contribution in [3.63, 3.8) is 0 Å². The second-order valence-corrected chi connectivity index (χ2v) is 8.70. The van der Waals surface area contributed by atoms with Crippen LogP contribution in [-0.4, -0.2) is 36.8 Å². The Morgan fingerprint density at radius 2 is 1.71 bits per heavy atom. The third-order valence-corrected chi connectivity index (χ3v) is 6.16. The Morgan fingerprint density at radius 1 is 0.947 bits per heavy atom. The smallest absolute Gasteiger partial charge is 0.408 e. The molecule has 11 heteroatoms. The van der Waals surface area contributed by atoms with Gasteiger partial charge in [0.15, 0.2) is 17.0 Å². The van der Waals surface area contributed by atoms with Gasteiger partial charge < -0.3 is 15.1 Å². The minimum Gasteiger partial charge on any atom is -0.408 e. The largest absolute Gasteiger partial charge is 0.419 e. The number of benzene rings is 2. The molecule has 3 aromatic heterocycles. The lowest BCUT2D eigenvalue weighted by Crippen LogP contribution is -2.28. The van der Waals surface area contributed by atoms with E-state index >= 15 is 0 Å². The van der Waals surface area contributed by atoms with Gasteiger partial charge >= 0.3 is 5.76 Å². The summed E-state index contributed by atoms with van der Waals surface area (Å²) < 4.78 is 7.88. The van der Waals surface area contributed by atoms with Crippen molar-refractivity contribution < 1.29 is 18.8 Å². The predicted octanol–water partition coefficient (Wildman–Crippen LogP) is 2.63. The summed E-state index contributed by atoms with van der Waals surface area (Å²) in [5, 5.41) is 9.78. The van der Waals surface area contributed by atoms with E-state index in [1.807, 2.05) is 6.07 Å². The molecule has 0 radical (unpaired) electrons. The van der Waals surface area contributed by atoms with E-state index in [2.05, 4.69) is 20.7 Å². The molecule has 38 heavy (non-hydrogen) atoms. The average Bonchev–Trinajstić information content (AvgIpc) is 3.53. The highest BCUT2D eigenvalue weighted by molar-refractivity contribution is 5.98. The SMILES string of the molecule is CCC(=O)c1cccc(CNC(=O)c2cc(C(=O)NCc3ccc4oc(=O)n(C)c4c3)nc3ccnn23)c1. The molecule has 5 rings (SSSR count). The number of carbonyl (C=O) groups excluding carboxylic acids is 3. The molecule has 11 nitrogen and oxygen atoms in total. The van der Waals surface area contributed by atoms with Crippen molar-refractivity contribution >= 4 is 34.3 Å². The van der Waals surface area contributed by atoms with Gasteiger partial charge in [-0.05, 0) is 29.3 Å². The van der Waals surface area contributed by atoms with Crippen molar-refractivity contribution in [2.75, 3.05) is 0 Å². The third kappa shape index (κ3) is 4.81. The number of aromatic nitrogens is 4. The number of aryl methyl sites for hydroxylation is 1. The highest BCUT2D eigenvalue weighted by Crippen LogP contribution is 2.15. The van der Waals surface area contributed by atoms with Gasteiger partial charge in [-0.1, -0.05) is 31.2 Å². The minimum atomic E-state index is -0.477. The van der Waals surface area contributed by atoms with Crippen LogP contribution < -0.4 is 16.4 Å². The Labute approximate surface area is 216 Å². The fourth-order valence-corrected chi connectivity index (χ4v) is 4.08. The molecule has 2 amide bonds. The Balaban J connectivity index is 1.32. The molecule has 0 aliphatic heterocycles. The van der Waals surface area contributed by atoms with Gasteiger partial charge in [-0.2, -0.15) is 5.10 Å². The maximum atomic E-state index is 13.1. The maximum absolute atomic E-state index is 13.1. The van der Waals surface area contributed by atoms with Gasteiger partial charge in [0.1, 0.15) is 11.4 Å². The number of oxazole rings is 1. The lowest BCUT2D eigenvalue weighted by molar-refractivity contribution is 0.0941. The quantitative estimate of drug-likeness (QED) is 0.305. The molecule has 3 heterocycles. The van der Waals surface area contributed by atoms with Crippen molar-refractivity contribution in [3.05, 3.63) is 99.4 Å². The van der Waals surface area contributed by atoms with Gasteiger partial charge in [0, 0.05) is 44.3 Å². The first-order chi connectivity index (χ1) is 18.3. The van der Waals surface area contributed by atoms with Gasteiger partial charge in [0.25, 0.3) is 11.8 Å². The number of Topliss-reactive ketones (excluding diaryl/α,β-unsaturated/α-hetero) is 1. The van der Waals surface area contributed by atoms with Crippen molar-refractivity contribution in [2.45, 2.75) is 26.4 Å². The van der Waals surface area contributed by atoms with Crippen LogP contribution in [0.15, 0.2) is 70.0 Å². The van der Waals surface area contributed by atoms with E-state index in [4.69, 9.17) is 4.42 Å². The van der Waals surface area contributed by atoms with E-state index < -0.39 is 17.6 Å². The van der Waals surface area contributed by atoms with E-state index in [0.717, 1.165) is 11.1 Å². The lowest BCUT2D eigenvalue weighted by atomic mass is 10.1. The molecule has 0 aliphatic carbocycles. The van der Waals surface area contributed by atoms with Crippen LogP contribution in [0.25, 0.3) is 16.7 Å². The molecule has 0 fully saturated rings. The molecule has 0 spiro atoms. The van der Waals surface area contributed by atoms with Gasteiger partial charge in [0.05, 0.1) is 11.7 Å². The summed E-state index contributed by atoms with van der Waals surface area (Å²) in [5.74, 6) is -1.37. The molecule has 0 aliphatic rings. The molecule has 2 N–H and O–H groups in total. The summed E-state index contributed by atoms with van der Waals surface area (Å²) in [6.07, 6.45) is 1.89. The maximum Gasteiger partial charge on any atom is 0.419 e. The van der Waals surface area contributed by atoms with Crippen molar-refractivity contribution in [1.29, 1.82) is 0 Å². The summed E-state index contributed by atoms with van der Waals surface area (Å²) in [4.78, 5) is 54.1. The zero-order chi connectivity index (χ0) is 26.8. The number of hydrogen-bond donors (Lipinski definition) is 2. The molecule has 0 atom stereocenters. The number of hydrogen-bond acceptors (Lipinski definition) is 7. The monoisotopic (exact) mass is 512 g/mol. The highest BCUT2D eigenvalue weighted by Gasteiger charge is 2.18. The predicted molar refractivity (Wildman–Crippen MR) is 138 cm³/mol. The number of fused-ring (bicyclic) bond motifs is 2. The fraction of sp³-hybridized carbons (Fsp3) is 0.185. The van der Waals surface area contributed by atoms with Crippen LogP contribution in [0.5, 0.6) is 0 Å². The van der Waals surface area contributed by atoms with Gasteiger partial charge in [-0.3, -0.25) is 19.0 Å². The fourth-order valence-electron chi connectivity index (χ4n) is 4.08. The summed E-state index contributed by atoms with van der Waals surface area (Å²) in [6.45, 7) is 2.16. The molecule has 0 saturated carbocycles. The van der Waals surface area contributed by atoms with Gasteiger partial charge in [-0.15, -0.1) is 0 Å². The minimum absolute atomic E-state index is 0.0231. The number of carbonyl (C=O) groups is 3. The second-order valence-electron chi connectivity index (χ2n) is 8.70. The van der Waals surface area contributed by atoms with E-state index in [0.29, 0.717) is 28.7 Å². The van der Waals surface area contributed by atoms with Crippen molar-refractivity contribution in [3.8, 4) is 0 Å². The first-order valence-corrected chi connectivity index (χ1v) is 12.0. The van der Waals surface area contributed by atoms with Gasteiger partial charge in [-0.25, -0.2) is 14.3 Å². The Morgan fingerprint density at radius 3 is 2.50 bits per heavy atom. The summed E-state index contributed by atoms with van der Waals surface area (Å²) >= 11 is 0. The lowest BCUT2D eigenvalue weighted by Gasteiger charge is -2.10. The number of amides is 2. The zero-order valence-electron chi connectivity index (χ0n) is 20.7. The Kier molecular flexibility index (Phi) is 6.56. The first kappa shape index (κ1) is 24.6. The zero-order valence-corrected chi connectivity index (χ0v) is 20.7. The van der Waals surface area contributed by atoms with Crippen molar-refractivity contribution in [1.82, 2.24) is 29.8 Å². The summed E-state index contributed by atoms with van der Waals surface area (Å²) in [7, 11) is 1.61.